The molecule has 3 heteroatoms. The van der Waals surface area contributed by atoms with E-state index in [1.807, 2.05) is 0 Å². The smallest absolute Gasteiger partial charge is 0.0730 e. The fourth-order valence-electron chi connectivity index (χ4n) is 4.91. The van der Waals surface area contributed by atoms with E-state index in [-0.39, 0.29) is 0 Å². The molecule has 2 aliphatic carbocycles. The normalized spacial score (nSPS) is 41.0. The van der Waals surface area contributed by atoms with Crippen LogP contribution in [0.25, 0.3) is 0 Å². The summed E-state index contributed by atoms with van der Waals surface area (Å²) in [6.45, 7) is 11.6. The van der Waals surface area contributed by atoms with Gasteiger partial charge in [0.2, 0.25) is 0 Å². The number of morpholine rings is 1. The van der Waals surface area contributed by atoms with Crippen LogP contribution in [0.4, 0.5) is 0 Å². The molecule has 3 aliphatic rings. The lowest BCUT2D eigenvalue weighted by atomic mass is 9.84. The molecule has 3 fully saturated rings. The van der Waals surface area contributed by atoms with Crippen LogP contribution in [0.5, 0.6) is 0 Å². The van der Waals surface area contributed by atoms with E-state index in [1.54, 1.807) is 0 Å². The summed E-state index contributed by atoms with van der Waals surface area (Å²) in [6, 6.07) is 1.41. The van der Waals surface area contributed by atoms with Gasteiger partial charge >= 0.3 is 0 Å². The third kappa shape index (κ3) is 2.77. The van der Waals surface area contributed by atoms with Crippen molar-refractivity contribution in [3.05, 3.63) is 0 Å². The molecule has 0 radical (unpaired) electrons. The van der Waals surface area contributed by atoms with Gasteiger partial charge in [0.15, 0.2) is 0 Å². The van der Waals surface area contributed by atoms with Gasteiger partial charge in [0.1, 0.15) is 0 Å². The molecule has 1 saturated heterocycles. The van der Waals surface area contributed by atoms with Gasteiger partial charge in [-0.1, -0.05) is 20.8 Å². The maximum atomic E-state index is 5.95. The highest BCUT2D eigenvalue weighted by atomic mass is 16.5. The Morgan fingerprint density at radius 2 is 2.10 bits per heavy atom. The van der Waals surface area contributed by atoms with Crippen molar-refractivity contribution >= 4 is 0 Å². The molecule has 0 bridgehead atoms. The first kappa shape index (κ1) is 14.8. The molecule has 0 aromatic heterocycles. The lowest BCUT2D eigenvalue weighted by Gasteiger charge is -2.41. The van der Waals surface area contributed by atoms with Crippen LogP contribution < -0.4 is 5.32 Å². The van der Waals surface area contributed by atoms with E-state index < -0.39 is 0 Å². The van der Waals surface area contributed by atoms with E-state index in [9.17, 15) is 0 Å². The van der Waals surface area contributed by atoms with Gasteiger partial charge in [0, 0.05) is 25.2 Å². The average Bonchev–Trinajstić information content (AvgIpc) is 2.99. The Morgan fingerprint density at radius 1 is 1.25 bits per heavy atom. The molecular formula is C17H32N2O. The maximum absolute atomic E-state index is 5.95. The first-order valence-electron chi connectivity index (χ1n) is 8.71. The van der Waals surface area contributed by atoms with E-state index in [4.69, 9.17) is 4.74 Å². The largest absolute Gasteiger partial charge is 0.375 e. The van der Waals surface area contributed by atoms with Gasteiger partial charge in [-0.2, -0.15) is 0 Å². The molecule has 0 spiro atoms. The standard InChI is InChI=1S/C17H32N2O/c1-4-18-16-13(8-9-17(16,2)3)12-19-10-11-20-15-7-5-6-14(15)19/h13-16,18H,4-12H2,1-3H3. The minimum atomic E-state index is 0.460. The van der Waals surface area contributed by atoms with Crippen molar-refractivity contribution in [2.24, 2.45) is 11.3 Å². The molecule has 4 unspecified atom stereocenters. The van der Waals surface area contributed by atoms with Crippen LogP contribution in [-0.4, -0.2) is 49.3 Å². The molecule has 116 valence electrons. The molecule has 3 nitrogen and oxygen atoms in total. The number of nitrogens with zero attached hydrogens (tertiary/aromatic N) is 1. The number of rotatable bonds is 4. The molecule has 0 aromatic rings. The summed E-state index contributed by atoms with van der Waals surface area (Å²) < 4.78 is 5.95. The summed E-state index contributed by atoms with van der Waals surface area (Å²) in [4.78, 5) is 2.76. The topological polar surface area (TPSA) is 24.5 Å². The van der Waals surface area contributed by atoms with Crippen molar-refractivity contribution < 1.29 is 4.74 Å². The first-order valence-corrected chi connectivity index (χ1v) is 8.71. The average molecular weight is 280 g/mol. The van der Waals surface area contributed by atoms with Crippen LogP contribution in [-0.2, 0) is 4.74 Å². The van der Waals surface area contributed by atoms with Gasteiger partial charge in [-0.05, 0) is 50.0 Å². The van der Waals surface area contributed by atoms with Gasteiger partial charge in [0.05, 0.1) is 12.7 Å². The molecule has 20 heavy (non-hydrogen) atoms. The Morgan fingerprint density at radius 3 is 2.90 bits per heavy atom. The Balaban J connectivity index is 1.64. The van der Waals surface area contributed by atoms with E-state index in [2.05, 4.69) is 31.0 Å². The van der Waals surface area contributed by atoms with Gasteiger partial charge in [-0.15, -0.1) is 0 Å². The molecular weight excluding hydrogens is 248 g/mol. The van der Waals surface area contributed by atoms with E-state index in [0.717, 1.165) is 31.7 Å². The number of fused-ring (bicyclic) bond motifs is 1. The Bertz CT molecular complexity index is 331. The fraction of sp³-hybridized carbons (Fsp3) is 1.00. The van der Waals surface area contributed by atoms with Crippen molar-refractivity contribution in [1.29, 1.82) is 0 Å². The molecule has 1 N–H and O–H groups in total. The monoisotopic (exact) mass is 280 g/mol. The summed E-state index contributed by atoms with van der Waals surface area (Å²) in [5.74, 6) is 0.823. The predicted octanol–water partition coefficient (Wildman–Crippen LogP) is 2.65. The Hall–Kier alpha value is -0.120. The molecule has 1 aliphatic heterocycles. The van der Waals surface area contributed by atoms with Crippen LogP contribution in [0.3, 0.4) is 0 Å². The second-order valence-electron chi connectivity index (χ2n) is 7.73. The number of ether oxygens (including phenoxy) is 1. The van der Waals surface area contributed by atoms with Crippen LogP contribution in [0.2, 0.25) is 0 Å². The molecule has 4 atom stereocenters. The lowest BCUT2D eigenvalue weighted by Crippen LogP contribution is -2.53. The van der Waals surface area contributed by atoms with Crippen LogP contribution >= 0.6 is 0 Å². The predicted molar refractivity (Wildman–Crippen MR) is 82.9 cm³/mol. The summed E-state index contributed by atoms with van der Waals surface area (Å²) in [7, 11) is 0. The fourth-order valence-corrected chi connectivity index (χ4v) is 4.91. The summed E-state index contributed by atoms with van der Waals surface area (Å²) >= 11 is 0. The highest BCUT2D eigenvalue weighted by Crippen LogP contribution is 2.42. The van der Waals surface area contributed by atoms with Crippen LogP contribution in [0.15, 0.2) is 0 Å². The number of nitrogens with one attached hydrogen (secondary N) is 1. The van der Waals surface area contributed by atoms with Crippen molar-refractivity contribution in [2.75, 3.05) is 26.2 Å². The molecule has 1 heterocycles. The minimum absolute atomic E-state index is 0.460. The maximum Gasteiger partial charge on any atom is 0.0730 e. The zero-order valence-electron chi connectivity index (χ0n) is 13.5. The van der Waals surface area contributed by atoms with Crippen molar-refractivity contribution in [2.45, 2.75) is 71.1 Å². The van der Waals surface area contributed by atoms with Gasteiger partial charge < -0.3 is 10.1 Å². The molecule has 3 rings (SSSR count). The van der Waals surface area contributed by atoms with Crippen LogP contribution in [0.1, 0.15) is 52.9 Å². The zero-order valence-corrected chi connectivity index (χ0v) is 13.5. The highest BCUT2D eigenvalue weighted by Gasteiger charge is 2.44. The highest BCUT2D eigenvalue weighted by molar-refractivity contribution is 4.99. The number of hydrogen-bond donors (Lipinski definition) is 1. The zero-order chi connectivity index (χ0) is 14.2. The molecule has 0 amide bonds. The lowest BCUT2D eigenvalue weighted by molar-refractivity contribution is -0.0615. The second-order valence-corrected chi connectivity index (χ2v) is 7.73. The Kier molecular flexibility index (Phi) is 4.40. The minimum Gasteiger partial charge on any atom is -0.375 e. The van der Waals surface area contributed by atoms with Crippen molar-refractivity contribution in [3.63, 3.8) is 0 Å². The van der Waals surface area contributed by atoms with Gasteiger partial charge in [-0.25, -0.2) is 0 Å². The Labute approximate surface area is 124 Å². The number of hydrogen-bond acceptors (Lipinski definition) is 3. The quantitative estimate of drug-likeness (QED) is 0.857. The van der Waals surface area contributed by atoms with Crippen LogP contribution in [0, 0.1) is 11.3 Å². The van der Waals surface area contributed by atoms with Crippen molar-refractivity contribution in [3.8, 4) is 0 Å². The third-order valence-corrected chi connectivity index (χ3v) is 5.96. The van der Waals surface area contributed by atoms with Gasteiger partial charge in [0.25, 0.3) is 0 Å². The third-order valence-electron chi connectivity index (χ3n) is 5.96. The first-order chi connectivity index (χ1) is 9.62. The molecule has 2 saturated carbocycles. The van der Waals surface area contributed by atoms with Gasteiger partial charge in [-0.3, -0.25) is 4.90 Å². The SMILES string of the molecule is CCNC1C(CN2CCOC3CCCC32)CCC1(C)C. The van der Waals surface area contributed by atoms with E-state index in [1.165, 1.54) is 38.6 Å². The molecule has 0 aromatic carbocycles. The van der Waals surface area contributed by atoms with Crippen molar-refractivity contribution in [1.82, 2.24) is 10.2 Å². The summed E-state index contributed by atoms with van der Waals surface area (Å²) in [6.07, 6.45) is 7.29. The second kappa shape index (κ2) is 5.94. The van der Waals surface area contributed by atoms with E-state index in [0.29, 0.717) is 17.6 Å². The van der Waals surface area contributed by atoms with E-state index >= 15 is 0 Å². The summed E-state index contributed by atoms with van der Waals surface area (Å²) in [5.41, 5.74) is 0.460. The summed E-state index contributed by atoms with van der Waals surface area (Å²) in [5, 5.41) is 3.78.